The molecular weight excluding hydrogens is 1880 g/mol. The van der Waals surface area contributed by atoms with Crippen molar-refractivity contribution in [2.75, 3.05) is 57.1 Å². The zero-order valence-corrected chi connectivity index (χ0v) is 76.3. The van der Waals surface area contributed by atoms with Crippen molar-refractivity contribution in [2.45, 2.75) is 108 Å². The number of hydrogen-bond acceptors (Lipinski definition) is 19. The Balaban J connectivity index is 0.000000136. The fourth-order valence-electron chi connectivity index (χ4n) is 15.0. The van der Waals surface area contributed by atoms with Crippen molar-refractivity contribution >= 4 is 234 Å². The summed E-state index contributed by atoms with van der Waals surface area (Å²) in [5.41, 5.74) is -3.49. The van der Waals surface area contributed by atoms with E-state index in [9.17, 15) is 86.1 Å². The SMILES string of the molecule is C=S(C)(=O)c1ccc(C(=O)CC2(O)C(=O)Nc3c(Cl)ccc(Cl)c32)cc1.CC(C)c1ccc(C(=O)CC2(O)C(=O)Nc3c(Cl)ccc(Cl)c32)cc1.CS(=O)(=O)c1ccc(C(=O)CC2(O)C(=O)Nc3c(Cl)ccc(Cl)c32)cc1.O=C(CC1(O)C(=O)Nc2c(Cl)ccc(Cl)c21)c1ccc(C2CC2)cc1.O=C(CC1(O)C(=O)Nc2c(Cl)ccc(Cl)c21)c1ccc(N2CC2)cc1. The van der Waals surface area contributed by atoms with Crippen molar-refractivity contribution < 1.29 is 86.1 Å². The number of nitrogens with zero attached hydrogens (tertiary/aromatic N) is 1. The third-order valence-electron chi connectivity index (χ3n) is 22.2. The van der Waals surface area contributed by atoms with E-state index in [0.29, 0.717) is 33.4 Å². The van der Waals surface area contributed by atoms with E-state index in [1.165, 1.54) is 122 Å². The summed E-state index contributed by atoms with van der Waals surface area (Å²) in [6, 6.07) is 47.9. The minimum Gasteiger partial charge on any atom is -0.375 e. The number of sulfone groups is 1. The molecular formula is C91H74Cl10N6O18S2. The number of nitrogens with one attached hydrogen (secondary N) is 5. The maximum Gasteiger partial charge on any atom is 0.261 e. The lowest BCUT2D eigenvalue weighted by Crippen LogP contribution is -2.36. The number of benzene rings is 10. The van der Waals surface area contributed by atoms with Gasteiger partial charge in [-0.3, -0.25) is 52.2 Å². The van der Waals surface area contributed by atoms with Crippen LogP contribution in [0.15, 0.2) is 192 Å². The average Bonchev–Trinajstić information content (AvgIpc) is 1.61. The number of anilines is 6. The Morgan fingerprint density at radius 3 is 0.795 bits per heavy atom. The summed E-state index contributed by atoms with van der Waals surface area (Å²) in [5, 5.41) is 69.0. The molecule has 10 aromatic rings. The van der Waals surface area contributed by atoms with Gasteiger partial charge < -0.3 is 57.0 Å². The quantitative estimate of drug-likeness (QED) is 0.0192. The van der Waals surface area contributed by atoms with E-state index in [1.54, 1.807) is 48.5 Å². The molecule has 6 aliphatic heterocycles. The predicted molar refractivity (Wildman–Crippen MR) is 493 cm³/mol. The highest BCUT2D eigenvalue weighted by Crippen LogP contribution is 2.53. The maximum atomic E-state index is 12.6. The molecule has 0 radical (unpaired) electrons. The number of Topliss-reactive ketones (excluding diaryl/α,β-unsaturated/α-hetero) is 5. The Morgan fingerprint density at radius 1 is 0.354 bits per heavy atom. The Bertz CT molecular complexity index is 6020. The number of rotatable bonds is 20. The maximum absolute atomic E-state index is 12.6. The molecule has 1 aliphatic carbocycles. The Morgan fingerprint density at radius 2 is 0.575 bits per heavy atom. The van der Waals surface area contributed by atoms with Gasteiger partial charge in [-0.1, -0.05) is 203 Å². The molecule has 17 rings (SSSR count). The van der Waals surface area contributed by atoms with E-state index in [4.69, 9.17) is 116 Å². The molecule has 10 aromatic carbocycles. The van der Waals surface area contributed by atoms with Crippen LogP contribution in [0.3, 0.4) is 0 Å². The van der Waals surface area contributed by atoms with E-state index in [-0.39, 0.29) is 140 Å². The van der Waals surface area contributed by atoms with Gasteiger partial charge in [0.15, 0.2) is 66.8 Å². The first-order valence-corrected chi connectivity index (χ1v) is 46.5. The molecule has 127 heavy (non-hydrogen) atoms. The number of ketones is 5. The van der Waals surface area contributed by atoms with E-state index < -0.39 is 121 Å². The second kappa shape index (κ2) is 36.7. The smallest absolute Gasteiger partial charge is 0.261 e. The standard InChI is InChI=1S/C19H15Cl2NO3.C19H17Cl2NO3.C18H14Cl2N2O3.C18H15Cl2NO4S.C17H13Cl2NO5S/c20-13-7-8-14(21)17-16(13)19(25,18(24)22-17)9-15(23)12-5-3-11(4-6-12)10-1-2-10;1-10(2)11-3-5-12(6-4-11)15(23)9-19(25)16-13(20)7-8-14(21)17(16)22-18(19)24;19-12-5-6-13(20)16-15(12)18(25,17(24)21-16)9-14(23)10-1-3-11(4-2-10)22-7-8-22;1-26(2,25)11-5-3-10(4-6-11)14(22)9-18(24)15-12(19)7-8-13(20)16(15)21-17(18)23;1-26(24,25)10-4-2-9(3-5-10)13(21)8-17(23)14-11(18)6-7-12(19)15(14)20-16(17)22/h3-8,10,25H,1-2,9H2,(H,22,24);3-8,10,25H,9H2,1-2H3,(H,22,24);1-6,25H,7-9H2,(H,21,24);3-8,24H,1,9H2,2H3,(H,21,23);2-7,23H,8H2,1H3,(H,20,22). The van der Waals surface area contributed by atoms with Crippen molar-refractivity contribution in [3.63, 3.8) is 0 Å². The van der Waals surface area contributed by atoms with Gasteiger partial charge in [0, 0.05) is 117 Å². The third-order valence-corrected chi connectivity index (χ3v) is 27.7. The Kier molecular flexibility index (Phi) is 27.5. The van der Waals surface area contributed by atoms with E-state index in [1.807, 2.05) is 36.4 Å². The predicted octanol–water partition coefficient (Wildman–Crippen LogP) is 18.0. The number of hydrogen-bond donors (Lipinski definition) is 10. The van der Waals surface area contributed by atoms with Gasteiger partial charge in [0.05, 0.1) is 90.5 Å². The van der Waals surface area contributed by atoms with Gasteiger partial charge in [0.2, 0.25) is 0 Å². The Labute approximate surface area is 778 Å². The van der Waals surface area contributed by atoms with Gasteiger partial charge in [-0.15, -0.1) is 0 Å². The highest BCUT2D eigenvalue weighted by atomic mass is 35.5. The topological polar surface area (TPSA) is 386 Å². The fraction of sp³-hybridized carbons (Fsp3) is 0.220. The molecule has 1 saturated carbocycles. The van der Waals surface area contributed by atoms with E-state index in [0.717, 1.165) is 30.6 Å². The first-order valence-electron chi connectivity index (χ1n) is 38.7. The van der Waals surface area contributed by atoms with E-state index in [2.05, 4.69) is 51.2 Å². The van der Waals surface area contributed by atoms with E-state index >= 15 is 0 Å². The molecule has 24 nitrogen and oxygen atoms in total. The minimum absolute atomic E-state index is 0.0535. The highest BCUT2D eigenvalue weighted by molar-refractivity contribution is 7.99. The molecule has 5 amide bonds. The molecule has 6 atom stereocenters. The van der Waals surface area contributed by atoms with Crippen LogP contribution in [0.5, 0.6) is 0 Å². The van der Waals surface area contributed by atoms with Gasteiger partial charge in [0.1, 0.15) is 0 Å². The minimum atomic E-state index is -3.40. The molecule has 0 spiro atoms. The summed E-state index contributed by atoms with van der Waals surface area (Å²) in [7, 11) is -5.79. The van der Waals surface area contributed by atoms with Gasteiger partial charge in [-0.05, 0) is 160 Å². The second-order valence-electron chi connectivity index (χ2n) is 31.5. The molecule has 0 bridgehead atoms. The molecule has 7 aliphatic rings. The van der Waals surface area contributed by atoms with Gasteiger partial charge in [-0.2, -0.15) is 0 Å². The summed E-state index contributed by atoms with van der Waals surface area (Å²) < 4.78 is 34.9. The summed E-state index contributed by atoms with van der Waals surface area (Å²) in [4.78, 5) is 127. The molecule has 6 heterocycles. The number of carbonyl (C=O) groups is 10. The zero-order chi connectivity index (χ0) is 92.4. The summed E-state index contributed by atoms with van der Waals surface area (Å²) in [6.07, 6.45) is 2.64. The molecule has 36 heteroatoms. The molecule has 0 aromatic heterocycles. The molecule has 2 fully saturated rings. The van der Waals surface area contributed by atoms with Gasteiger partial charge in [-0.25, -0.2) is 8.42 Å². The van der Waals surface area contributed by atoms with Crippen LogP contribution in [-0.4, -0.2) is 128 Å². The van der Waals surface area contributed by atoms with Crippen LogP contribution in [0, 0.1) is 0 Å². The van der Waals surface area contributed by atoms with Gasteiger partial charge >= 0.3 is 0 Å². The lowest BCUT2D eigenvalue weighted by Gasteiger charge is -2.21. The lowest BCUT2D eigenvalue weighted by molar-refractivity contribution is -0.133. The average molecular weight is 1960 g/mol. The summed E-state index contributed by atoms with van der Waals surface area (Å²) in [6.45, 7) is 6.16. The second-order valence-corrected chi connectivity index (χ2v) is 40.1. The summed E-state index contributed by atoms with van der Waals surface area (Å²) in [5.74, 6) is -1.18. The van der Waals surface area contributed by atoms with Crippen molar-refractivity contribution in [2.24, 2.45) is 0 Å². The van der Waals surface area contributed by atoms with Crippen LogP contribution in [0.4, 0.5) is 34.1 Å². The zero-order valence-electron chi connectivity index (χ0n) is 67.1. The number of carbonyl (C=O) groups excluding carboxylic acids is 10. The lowest BCUT2D eigenvalue weighted by atomic mass is 9.87. The van der Waals surface area contributed by atoms with Crippen molar-refractivity contribution in [3.05, 3.63) is 299 Å². The summed E-state index contributed by atoms with van der Waals surface area (Å²) >= 11 is 61.0. The number of amides is 5. The molecule has 10 N–H and O–H groups in total. The fourth-order valence-corrected chi connectivity index (χ4v) is 18.9. The van der Waals surface area contributed by atoms with Crippen LogP contribution < -0.4 is 31.5 Å². The molecule has 658 valence electrons. The third kappa shape index (κ3) is 19.4. The first-order chi connectivity index (χ1) is 59.6. The first kappa shape index (κ1) is 95.0. The number of aliphatic hydroxyl groups is 5. The molecule has 1 saturated heterocycles. The van der Waals surface area contributed by atoms with Gasteiger partial charge in [0.25, 0.3) is 29.5 Å². The Hall–Kier alpha value is -9.63. The van der Waals surface area contributed by atoms with Crippen LogP contribution >= 0.6 is 116 Å². The monoisotopic (exact) mass is 1950 g/mol. The van der Waals surface area contributed by atoms with Crippen molar-refractivity contribution in [3.8, 4) is 0 Å². The van der Waals surface area contributed by atoms with Crippen LogP contribution in [0.2, 0.25) is 50.2 Å². The van der Waals surface area contributed by atoms with Crippen molar-refractivity contribution in [1.29, 1.82) is 0 Å². The number of halogens is 10. The highest BCUT2D eigenvalue weighted by Gasteiger charge is 2.54. The normalized spacial score (nSPS) is 20.4. The number of fused-ring (bicyclic) bond motifs is 5. The molecule has 6 unspecified atom stereocenters. The van der Waals surface area contributed by atoms with Crippen LogP contribution in [-0.2, 0) is 71.3 Å². The van der Waals surface area contributed by atoms with Crippen LogP contribution in [0.25, 0.3) is 0 Å². The largest absolute Gasteiger partial charge is 0.375 e. The van der Waals surface area contributed by atoms with Crippen LogP contribution in [0.1, 0.15) is 161 Å². The van der Waals surface area contributed by atoms with Crippen molar-refractivity contribution in [1.82, 2.24) is 0 Å².